The number of carbonyl (C=O) groups is 4. The highest BCUT2D eigenvalue weighted by Gasteiger charge is 2.45. The first-order chi connectivity index (χ1) is 21.3. The lowest BCUT2D eigenvalue weighted by molar-refractivity contribution is -0.173. The van der Waals surface area contributed by atoms with E-state index in [1.54, 1.807) is 68.4 Å². The number of hydrogen-bond donors (Lipinski definition) is 1. The molecular formula is C34H34F3N3O5. The summed E-state index contributed by atoms with van der Waals surface area (Å²) in [6.07, 6.45) is -4.13. The van der Waals surface area contributed by atoms with Gasteiger partial charge in [0, 0.05) is 25.1 Å². The van der Waals surface area contributed by atoms with Crippen LogP contribution in [0.2, 0.25) is 0 Å². The zero-order chi connectivity index (χ0) is 32.7. The fourth-order valence-electron chi connectivity index (χ4n) is 5.09. The molecule has 1 heterocycles. The minimum atomic E-state index is -5.19. The summed E-state index contributed by atoms with van der Waals surface area (Å²) < 4.78 is 46.4. The second-order valence-electron chi connectivity index (χ2n) is 11.0. The number of rotatable bonds is 11. The Morgan fingerprint density at radius 3 is 2.11 bits per heavy atom. The van der Waals surface area contributed by atoms with E-state index in [4.69, 9.17) is 4.74 Å². The van der Waals surface area contributed by atoms with Gasteiger partial charge in [-0.3, -0.25) is 24.1 Å². The maximum atomic E-state index is 13.9. The number of halogens is 3. The van der Waals surface area contributed by atoms with Crippen LogP contribution in [0, 0.1) is 5.92 Å². The summed E-state index contributed by atoms with van der Waals surface area (Å²) in [7, 11) is 0. The number of hydrogen-bond acceptors (Lipinski definition) is 5. The minimum Gasteiger partial charge on any atom is -0.489 e. The molecule has 45 heavy (non-hydrogen) atoms. The van der Waals surface area contributed by atoms with Gasteiger partial charge in [-0.25, -0.2) is 0 Å². The highest BCUT2D eigenvalue weighted by molar-refractivity contribution is 6.00. The number of amides is 3. The Balaban J connectivity index is 1.65. The van der Waals surface area contributed by atoms with Crippen molar-refractivity contribution in [2.75, 3.05) is 6.54 Å². The van der Waals surface area contributed by atoms with Crippen molar-refractivity contribution in [3.05, 3.63) is 108 Å². The van der Waals surface area contributed by atoms with E-state index in [9.17, 15) is 32.3 Å². The number of benzene rings is 3. The molecule has 0 unspecified atom stereocenters. The second-order valence-corrected chi connectivity index (χ2v) is 11.0. The first-order valence-corrected chi connectivity index (χ1v) is 14.4. The Hall–Kier alpha value is -4.93. The molecule has 0 radical (unpaired) electrons. The number of carbonyl (C=O) groups excluding carboxylic acids is 4. The fraction of sp³-hybridized carbons (Fsp3) is 0.294. The molecule has 11 heteroatoms. The van der Waals surface area contributed by atoms with Crippen LogP contribution in [-0.4, -0.2) is 58.1 Å². The molecular weight excluding hydrogens is 587 g/mol. The van der Waals surface area contributed by atoms with E-state index in [0.29, 0.717) is 16.9 Å². The predicted molar refractivity (Wildman–Crippen MR) is 161 cm³/mol. The van der Waals surface area contributed by atoms with Crippen LogP contribution in [-0.2, 0) is 32.2 Å². The van der Waals surface area contributed by atoms with Crippen LogP contribution in [0.1, 0.15) is 37.5 Å². The number of ketones is 1. The summed E-state index contributed by atoms with van der Waals surface area (Å²) in [6.45, 7) is 4.37. The normalized spacial score (nSPS) is 15.8. The predicted octanol–water partition coefficient (Wildman–Crippen LogP) is 5.14. The average Bonchev–Trinajstić information content (AvgIpc) is 3.00. The van der Waals surface area contributed by atoms with Crippen molar-refractivity contribution in [3.63, 3.8) is 0 Å². The maximum absolute atomic E-state index is 13.9. The molecule has 3 amide bonds. The van der Waals surface area contributed by atoms with Crippen molar-refractivity contribution in [3.8, 4) is 5.75 Å². The largest absolute Gasteiger partial charge is 0.489 e. The SMILES string of the molecule is CC(=O)N1C=C(c2cccc(OCc3ccccc3)c2)N(CC(=O)N[C@@H](Cc2ccccc2)C(=O)C(F)(F)F)C(=O)[C@H]1C(C)C. The molecule has 0 saturated heterocycles. The topological polar surface area (TPSA) is 96.0 Å². The third kappa shape index (κ3) is 8.37. The highest BCUT2D eigenvalue weighted by atomic mass is 19.4. The van der Waals surface area contributed by atoms with Crippen LogP contribution in [0.3, 0.4) is 0 Å². The minimum absolute atomic E-state index is 0.175. The van der Waals surface area contributed by atoms with Crippen LogP contribution in [0.5, 0.6) is 5.75 Å². The molecule has 0 saturated carbocycles. The van der Waals surface area contributed by atoms with Crippen LogP contribution < -0.4 is 10.1 Å². The van der Waals surface area contributed by atoms with Crippen molar-refractivity contribution in [2.45, 2.75) is 52.1 Å². The van der Waals surface area contributed by atoms with Crippen LogP contribution in [0.25, 0.3) is 5.70 Å². The van der Waals surface area contributed by atoms with Gasteiger partial charge in [-0.15, -0.1) is 0 Å². The van der Waals surface area contributed by atoms with Gasteiger partial charge in [-0.2, -0.15) is 13.2 Å². The van der Waals surface area contributed by atoms with E-state index < -0.39 is 54.7 Å². The van der Waals surface area contributed by atoms with E-state index in [1.165, 1.54) is 18.0 Å². The first-order valence-electron chi connectivity index (χ1n) is 14.4. The van der Waals surface area contributed by atoms with Gasteiger partial charge >= 0.3 is 6.18 Å². The second kappa shape index (κ2) is 14.2. The van der Waals surface area contributed by atoms with Crippen molar-refractivity contribution < 1.29 is 37.1 Å². The Morgan fingerprint density at radius 2 is 1.53 bits per heavy atom. The molecule has 0 bridgehead atoms. The van der Waals surface area contributed by atoms with Gasteiger partial charge in [-0.05, 0) is 29.2 Å². The van der Waals surface area contributed by atoms with Crippen LogP contribution in [0.4, 0.5) is 13.2 Å². The van der Waals surface area contributed by atoms with Crippen LogP contribution >= 0.6 is 0 Å². The fourth-order valence-corrected chi connectivity index (χ4v) is 5.09. The lowest BCUT2D eigenvalue weighted by atomic mass is 9.97. The zero-order valence-electron chi connectivity index (χ0n) is 25.1. The molecule has 0 fully saturated rings. The molecule has 1 N–H and O–H groups in total. The van der Waals surface area contributed by atoms with E-state index >= 15 is 0 Å². The molecule has 0 spiro atoms. The first kappa shape index (κ1) is 33.0. The Kier molecular flexibility index (Phi) is 10.4. The smallest absolute Gasteiger partial charge is 0.452 e. The zero-order valence-corrected chi connectivity index (χ0v) is 25.1. The summed E-state index contributed by atoms with van der Waals surface area (Å²) in [5, 5.41) is 2.20. The van der Waals surface area contributed by atoms with Crippen LogP contribution in [0.15, 0.2) is 91.1 Å². The summed E-state index contributed by atoms with van der Waals surface area (Å²) in [5.41, 5.74) is 1.95. The van der Waals surface area contributed by atoms with E-state index in [0.717, 1.165) is 10.5 Å². The lowest BCUT2D eigenvalue weighted by Crippen LogP contribution is -2.57. The third-order valence-corrected chi connectivity index (χ3v) is 7.26. The quantitative estimate of drug-likeness (QED) is 0.320. The van der Waals surface area contributed by atoms with Crippen molar-refractivity contribution in [1.82, 2.24) is 15.1 Å². The molecule has 2 atom stereocenters. The average molecular weight is 622 g/mol. The number of alkyl halides is 3. The number of Topliss-reactive ketones (excluding diaryl/α,β-unsaturated/α-hetero) is 1. The Labute approximate surface area is 259 Å². The van der Waals surface area contributed by atoms with Gasteiger partial charge in [0.25, 0.3) is 11.7 Å². The summed E-state index contributed by atoms with van der Waals surface area (Å²) in [5.74, 6) is -3.98. The summed E-state index contributed by atoms with van der Waals surface area (Å²) in [4.78, 5) is 54.6. The molecule has 0 aliphatic carbocycles. The molecule has 1 aliphatic heterocycles. The monoisotopic (exact) mass is 621 g/mol. The molecule has 236 valence electrons. The Morgan fingerprint density at radius 1 is 0.911 bits per heavy atom. The molecule has 4 rings (SSSR count). The van der Waals surface area contributed by atoms with Crippen molar-refractivity contribution >= 4 is 29.2 Å². The standard InChI is InChI=1S/C34H34F3N3O5/c1-22(2)31-33(44)40(20-30(42)38-28(32(43)34(35,36)37)17-24-11-6-4-7-12-24)29(19-39(31)23(3)41)26-15-10-16-27(18-26)45-21-25-13-8-5-9-14-25/h4-16,18-19,22,28,31H,17,20-21H2,1-3H3,(H,38,42)/t28-,31+/m0/s1. The van der Waals surface area contributed by atoms with Gasteiger partial charge < -0.3 is 15.0 Å². The number of nitrogens with one attached hydrogen (secondary N) is 1. The highest BCUT2D eigenvalue weighted by Crippen LogP contribution is 2.32. The molecule has 3 aromatic rings. The van der Waals surface area contributed by atoms with Crippen molar-refractivity contribution in [1.29, 1.82) is 0 Å². The lowest BCUT2D eigenvalue weighted by Gasteiger charge is -2.40. The molecule has 8 nitrogen and oxygen atoms in total. The van der Waals surface area contributed by atoms with Gasteiger partial charge in [0.05, 0.1) is 5.70 Å². The molecule has 0 aromatic heterocycles. The Bertz CT molecular complexity index is 1560. The maximum Gasteiger partial charge on any atom is 0.452 e. The number of ether oxygens (including phenoxy) is 1. The van der Waals surface area contributed by atoms with Gasteiger partial charge in [0.2, 0.25) is 11.8 Å². The van der Waals surface area contributed by atoms with Gasteiger partial charge in [0.1, 0.15) is 31.0 Å². The van der Waals surface area contributed by atoms with Crippen molar-refractivity contribution in [2.24, 2.45) is 5.92 Å². The number of nitrogens with zero attached hydrogens (tertiary/aromatic N) is 2. The summed E-state index contributed by atoms with van der Waals surface area (Å²) >= 11 is 0. The van der Waals surface area contributed by atoms with Gasteiger partial charge in [-0.1, -0.05) is 86.6 Å². The van der Waals surface area contributed by atoms with E-state index in [2.05, 4.69) is 5.32 Å². The third-order valence-electron chi connectivity index (χ3n) is 7.26. The van der Waals surface area contributed by atoms with E-state index in [-0.39, 0.29) is 18.2 Å². The van der Waals surface area contributed by atoms with Gasteiger partial charge in [0.15, 0.2) is 0 Å². The molecule has 1 aliphatic rings. The molecule has 3 aromatic carbocycles. The summed E-state index contributed by atoms with van der Waals surface area (Å²) in [6, 6.07) is 21.3. The van der Waals surface area contributed by atoms with E-state index in [1.807, 2.05) is 30.3 Å².